The highest BCUT2D eigenvalue weighted by atomic mass is 19.4. The normalized spacial score (nSPS) is 20.8. The van der Waals surface area contributed by atoms with Crippen LogP contribution in [0.5, 0.6) is 0 Å². The largest absolute Gasteiger partial charge is 0.416 e. The molecule has 2 N–H and O–H groups in total. The number of rotatable bonds is 3. The minimum atomic E-state index is -4.88. The molecule has 1 atom stereocenters. The zero-order valence-electron chi connectivity index (χ0n) is 16.9. The molecule has 2 aromatic rings. The monoisotopic (exact) mass is 477 g/mol. The Morgan fingerprint density at radius 3 is 2.36 bits per heavy atom. The Labute approximate surface area is 183 Å². The Kier molecular flexibility index (Phi) is 5.79. The number of anilines is 1. The minimum Gasteiger partial charge on any atom is -0.317 e. The van der Waals surface area contributed by atoms with E-state index < -0.39 is 71.0 Å². The molecule has 0 radical (unpaired) electrons. The zero-order chi connectivity index (χ0) is 24.0. The van der Waals surface area contributed by atoms with E-state index in [9.17, 15) is 35.5 Å². The standard InChI is InChI=1S/C20H18F7N5O/c21-8-18(1-3-28-4-2-18)13-6-10(19(22,23)24)5-12(31-13)16-15-11(20(25,26)27)7-14(33)32-17(15)30-9-29-16/h5-6,9,11,28H,1-4,7-8H2,(H,29,30,32,33)/t11-/m1/s1. The summed E-state index contributed by atoms with van der Waals surface area (Å²) >= 11 is 0. The van der Waals surface area contributed by atoms with Gasteiger partial charge >= 0.3 is 12.4 Å². The van der Waals surface area contributed by atoms with Crippen LogP contribution in [-0.2, 0) is 16.4 Å². The van der Waals surface area contributed by atoms with Crippen molar-refractivity contribution < 1.29 is 35.5 Å². The van der Waals surface area contributed by atoms with Gasteiger partial charge in [-0.25, -0.2) is 9.97 Å². The van der Waals surface area contributed by atoms with Crippen LogP contribution in [0.1, 0.15) is 42.0 Å². The van der Waals surface area contributed by atoms with E-state index in [1.54, 1.807) is 0 Å². The van der Waals surface area contributed by atoms with Gasteiger partial charge in [0.15, 0.2) is 0 Å². The highest BCUT2D eigenvalue weighted by molar-refractivity contribution is 5.95. The Morgan fingerprint density at radius 1 is 1.06 bits per heavy atom. The quantitative estimate of drug-likeness (QED) is 0.650. The first-order chi connectivity index (χ1) is 15.4. The van der Waals surface area contributed by atoms with Crippen molar-refractivity contribution in [1.82, 2.24) is 20.3 Å². The molecule has 1 saturated heterocycles. The number of nitrogens with one attached hydrogen (secondary N) is 2. The predicted molar refractivity (Wildman–Crippen MR) is 102 cm³/mol. The third-order valence-corrected chi connectivity index (χ3v) is 6.03. The van der Waals surface area contributed by atoms with Gasteiger partial charge in [0.25, 0.3) is 0 Å². The lowest BCUT2D eigenvalue weighted by Crippen LogP contribution is -2.42. The van der Waals surface area contributed by atoms with Crippen molar-refractivity contribution in [2.75, 3.05) is 25.1 Å². The number of carbonyl (C=O) groups excluding carboxylic acids is 1. The number of amides is 1. The molecular formula is C20H18F7N5O. The topological polar surface area (TPSA) is 79.8 Å². The second-order valence-corrected chi connectivity index (χ2v) is 8.12. The fourth-order valence-corrected chi connectivity index (χ4v) is 4.23. The van der Waals surface area contributed by atoms with E-state index in [0.29, 0.717) is 19.2 Å². The van der Waals surface area contributed by atoms with Crippen LogP contribution in [0.3, 0.4) is 0 Å². The molecule has 2 aliphatic rings. The Bertz CT molecular complexity index is 1060. The van der Waals surface area contributed by atoms with Crippen LogP contribution in [0, 0.1) is 0 Å². The summed E-state index contributed by atoms with van der Waals surface area (Å²) in [6.07, 6.45) is -9.54. The van der Waals surface area contributed by atoms with E-state index in [2.05, 4.69) is 25.6 Å². The number of piperidine rings is 1. The molecule has 0 bridgehead atoms. The Balaban J connectivity index is 1.95. The summed E-state index contributed by atoms with van der Waals surface area (Å²) in [6, 6.07) is 1.33. The van der Waals surface area contributed by atoms with E-state index in [4.69, 9.17) is 0 Å². The molecule has 0 saturated carbocycles. The van der Waals surface area contributed by atoms with Crippen LogP contribution in [0.2, 0.25) is 0 Å². The van der Waals surface area contributed by atoms with E-state index in [0.717, 1.165) is 12.4 Å². The molecule has 178 valence electrons. The molecule has 6 nitrogen and oxygen atoms in total. The lowest BCUT2D eigenvalue weighted by atomic mass is 9.76. The number of alkyl halides is 7. The molecule has 4 rings (SSSR count). The van der Waals surface area contributed by atoms with E-state index in [1.807, 2.05) is 0 Å². The second-order valence-electron chi connectivity index (χ2n) is 8.12. The van der Waals surface area contributed by atoms with Crippen LogP contribution in [0.15, 0.2) is 18.5 Å². The molecule has 4 heterocycles. The van der Waals surface area contributed by atoms with Gasteiger partial charge in [-0.1, -0.05) is 0 Å². The minimum absolute atomic E-state index is 0.167. The fourth-order valence-electron chi connectivity index (χ4n) is 4.23. The summed E-state index contributed by atoms with van der Waals surface area (Å²) < 4.78 is 96.5. The number of fused-ring (bicyclic) bond motifs is 1. The Morgan fingerprint density at radius 2 is 1.76 bits per heavy atom. The maximum absolute atomic E-state index is 14.1. The van der Waals surface area contributed by atoms with Crippen LogP contribution < -0.4 is 10.6 Å². The summed E-state index contributed by atoms with van der Waals surface area (Å²) in [5.74, 6) is -3.70. The van der Waals surface area contributed by atoms with Gasteiger partial charge in [0.2, 0.25) is 5.91 Å². The van der Waals surface area contributed by atoms with E-state index in [-0.39, 0.29) is 18.5 Å². The van der Waals surface area contributed by atoms with Crippen molar-refractivity contribution in [3.8, 4) is 11.4 Å². The van der Waals surface area contributed by atoms with Crippen LogP contribution in [0.4, 0.5) is 36.6 Å². The molecule has 2 aromatic heterocycles. The number of carbonyl (C=O) groups is 1. The third kappa shape index (κ3) is 4.37. The van der Waals surface area contributed by atoms with Gasteiger partial charge in [0, 0.05) is 17.4 Å². The average Bonchev–Trinajstić information content (AvgIpc) is 2.77. The summed E-state index contributed by atoms with van der Waals surface area (Å²) in [4.78, 5) is 23.4. The summed E-state index contributed by atoms with van der Waals surface area (Å²) in [5, 5.41) is 5.21. The molecule has 0 aromatic carbocycles. The summed E-state index contributed by atoms with van der Waals surface area (Å²) in [7, 11) is 0. The second kappa shape index (κ2) is 8.19. The van der Waals surface area contributed by atoms with Crippen LogP contribution >= 0.6 is 0 Å². The molecule has 1 amide bonds. The smallest absolute Gasteiger partial charge is 0.317 e. The molecule has 1 fully saturated rings. The summed E-state index contributed by atoms with van der Waals surface area (Å²) in [5.41, 5.74) is -4.24. The first-order valence-corrected chi connectivity index (χ1v) is 10.0. The van der Waals surface area contributed by atoms with Crippen LogP contribution in [0.25, 0.3) is 11.4 Å². The van der Waals surface area contributed by atoms with E-state index >= 15 is 0 Å². The molecule has 0 unspecified atom stereocenters. The SMILES string of the molecule is O=C1C[C@@H](C(F)(F)F)c2c(ncnc2-c2cc(C(F)(F)F)cc(C3(CF)CCNCC3)n2)N1. The summed E-state index contributed by atoms with van der Waals surface area (Å²) in [6.45, 7) is -0.282. The maximum Gasteiger partial charge on any atom is 0.416 e. The van der Waals surface area contributed by atoms with Crippen molar-refractivity contribution in [2.24, 2.45) is 0 Å². The number of hydrogen-bond acceptors (Lipinski definition) is 5. The van der Waals surface area contributed by atoms with Crippen LogP contribution in [-0.4, -0.2) is 46.8 Å². The molecule has 13 heteroatoms. The zero-order valence-corrected chi connectivity index (χ0v) is 16.9. The Hall–Kier alpha value is -2.83. The molecule has 0 aliphatic carbocycles. The number of halogens is 7. The van der Waals surface area contributed by atoms with Gasteiger partial charge in [-0.3, -0.25) is 14.2 Å². The van der Waals surface area contributed by atoms with Gasteiger partial charge in [-0.2, -0.15) is 26.3 Å². The number of aromatic nitrogens is 3. The number of nitrogens with zero attached hydrogens (tertiary/aromatic N) is 3. The first-order valence-electron chi connectivity index (χ1n) is 10.0. The number of hydrogen-bond donors (Lipinski definition) is 2. The van der Waals surface area contributed by atoms with E-state index in [1.165, 1.54) is 0 Å². The van der Waals surface area contributed by atoms with Crippen molar-refractivity contribution in [1.29, 1.82) is 0 Å². The van der Waals surface area contributed by atoms with Crippen molar-refractivity contribution >= 4 is 11.7 Å². The molecule has 0 spiro atoms. The maximum atomic E-state index is 14.1. The highest BCUT2D eigenvalue weighted by Crippen LogP contribution is 2.46. The molecule has 2 aliphatic heterocycles. The molecule has 33 heavy (non-hydrogen) atoms. The van der Waals surface area contributed by atoms with Gasteiger partial charge in [0.05, 0.1) is 28.6 Å². The lowest BCUT2D eigenvalue weighted by molar-refractivity contribution is -0.156. The predicted octanol–water partition coefficient (Wildman–Crippen LogP) is 4.14. The average molecular weight is 477 g/mol. The fraction of sp³-hybridized carbons (Fsp3) is 0.500. The number of pyridine rings is 1. The van der Waals surface area contributed by atoms with Gasteiger partial charge in [-0.05, 0) is 38.1 Å². The highest BCUT2D eigenvalue weighted by Gasteiger charge is 2.48. The van der Waals surface area contributed by atoms with Crippen molar-refractivity contribution in [2.45, 2.75) is 42.9 Å². The van der Waals surface area contributed by atoms with Gasteiger partial charge in [-0.15, -0.1) is 0 Å². The first kappa shape index (κ1) is 23.3. The van der Waals surface area contributed by atoms with Gasteiger partial charge in [0.1, 0.15) is 18.8 Å². The van der Waals surface area contributed by atoms with Gasteiger partial charge < -0.3 is 10.6 Å². The van der Waals surface area contributed by atoms with Crippen molar-refractivity contribution in [3.05, 3.63) is 35.3 Å². The van der Waals surface area contributed by atoms with Crippen molar-refractivity contribution in [3.63, 3.8) is 0 Å². The molecular weight excluding hydrogens is 459 g/mol. The lowest BCUT2D eigenvalue weighted by Gasteiger charge is -2.35. The third-order valence-electron chi connectivity index (χ3n) is 6.03.